The summed E-state index contributed by atoms with van der Waals surface area (Å²) in [6.45, 7) is 0. The highest BCUT2D eigenvalue weighted by molar-refractivity contribution is 9.10. The Kier molecular flexibility index (Phi) is 8.17. The number of methoxy groups -OCH3 is 1. The molecule has 2 N–H and O–H groups in total. The smallest absolute Gasteiger partial charge is 0.345 e. The van der Waals surface area contributed by atoms with Crippen molar-refractivity contribution in [2.24, 2.45) is 5.10 Å². The van der Waals surface area contributed by atoms with Crippen LogP contribution in [0.25, 0.3) is 0 Å². The summed E-state index contributed by atoms with van der Waals surface area (Å²) >= 11 is 9.37. The molecule has 0 saturated heterocycles. The largest absolute Gasteiger partial charge is 0.497 e. The minimum Gasteiger partial charge on any atom is -0.497 e. The van der Waals surface area contributed by atoms with E-state index in [2.05, 4.69) is 31.8 Å². The van der Waals surface area contributed by atoms with Crippen molar-refractivity contribution in [1.82, 2.24) is 5.43 Å². The zero-order valence-electron chi connectivity index (χ0n) is 17.2. The monoisotopic (exact) mass is 529 g/mol. The van der Waals surface area contributed by atoms with Gasteiger partial charge in [-0.2, -0.15) is 5.10 Å². The second-order valence-electron chi connectivity index (χ2n) is 6.43. The molecule has 3 rings (SSSR count). The molecule has 0 heterocycles. The molecule has 8 nitrogen and oxygen atoms in total. The molecule has 0 aliphatic heterocycles. The van der Waals surface area contributed by atoms with E-state index in [-0.39, 0.29) is 16.3 Å². The number of hydrogen-bond donors (Lipinski definition) is 2. The number of anilines is 1. The van der Waals surface area contributed by atoms with Crippen molar-refractivity contribution in [3.05, 3.63) is 87.4 Å². The topological polar surface area (TPSA) is 106 Å². The molecule has 0 fully saturated rings. The number of esters is 1. The lowest BCUT2D eigenvalue weighted by molar-refractivity contribution is -0.136. The molecule has 0 spiro atoms. The summed E-state index contributed by atoms with van der Waals surface area (Å²) < 4.78 is 11.2. The standard InChI is InChI=1S/C23H17BrClN3O5/c1-32-17-9-7-16(8-10-17)27-21(29)22(30)28-26-13-14-12-15(24)6-11-20(14)33-23(31)18-4-2-3-5-19(18)25/h2-13H,1H3,(H,27,29)(H,28,30)/b26-13-. The summed E-state index contributed by atoms with van der Waals surface area (Å²) in [5, 5.41) is 6.48. The molecule has 3 aromatic carbocycles. The molecule has 0 bridgehead atoms. The Labute approximate surface area is 202 Å². The first-order valence-electron chi connectivity index (χ1n) is 9.42. The van der Waals surface area contributed by atoms with Crippen LogP contribution in [0.2, 0.25) is 5.02 Å². The normalized spacial score (nSPS) is 10.5. The van der Waals surface area contributed by atoms with Gasteiger partial charge in [-0.3, -0.25) is 9.59 Å². The van der Waals surface area contributed by atoms with Crippen LogP contribution in [0.1, 0.15) is 15.9 Å². The number of ether oxygens (including phenoxy) is 2. The Morgan fingerprint density at radius 3 is 2.42 bits per heavy atom. The molecule has 0 aromatic heterocycles. The molecule has 168 valence electrons. The van der Waals surface area contributed by atoms with Crippen molar-refractivity contribution in [3.8, 4) is 11.5 Å². The van der Waals surface area contributed by atoms with Crippen LogP contribution in [0, 0.1) is 0 Å². The van der Waals surface area contributed by atoms with E-state index in [1.807, 2.05) is 0 Å². The average Bonchev–Trinajstić information content (AvgIpc) is 2.81. The molecule has 33 heavy (non-hydrogen) atoms. The molecule has 0 aliphatic carbocycles. The van der Waals surface area contributed by atoms with Gasteiger partial charge in [-0.05, 0) is 54.6 Å². The Balaban J connectivity index is 1.65. The molecule has 10 heteroatoms. The first-order chi connectivity index (χ1) is 15.9. The SMILES string of the molecule is COc1ccc(NC(=O)C(=O)N/N=C\c2cc(Br)ccc2OC(=O)c2ccccc2Cl)cc1. The number of rotatable bonds is 6. The van der Waals surface area contributed by atoms with Gasteiger partial charge in [0.15, 0.2) is 0 Å². The van der Waals surface area contributed by atoms with Crippen molar-refractivity contribution < 1.29 is 23.9 Å². The number of amides is 2. The van der Waals surface area contributed by atoms with Crippen molar-refractivity contribution >= 4 is 57.2 Å². The van der Waals surface area contributed by atoms with Crippen LogP contribution in [0.5, 0.6) is 11.5 Å². The first-order valence-corrected chi connectivity index (χ1v) is 10.6. The van der Waals surface area contributed by atoms with Gasteiger partial charge < -0.3 is 14.8 Å². The van der Waals surface area contributed by atoms with E-state index in [4.69, 9.17) is 21.1 Å². The van der Waals surface area contributed by atoms with E-state index in [1.54, 1.807) is 66.7 Å². The average molecular weight is 531 g/mol. The van der Waals surface area contributed by atoms with E-state index in [0.29, 0.717) is 21.5 Å². The fraction of sp³-hybridized carbons (Fsp3) is 0.0435. The number of hydrazone groups is 1. The molecular formula is C23H17BrClN3O5. The third kappa shape index (κ3) is 6.64. The fourth-order valence-electron chi connectivity index (χ4n) is 2.57. The summed E-state index contributed by atoms with van der Waals surface area (Å²) in [7, 11) is 1.52. The second-order valence-corrected chi connectivity index (χ2v) is 7.76. The molecular weight excluding hydrogens is 514 g/mol. The Hall–Kier alpha value is -3.69. The minimum atomic E-state index is -0.980. The third-order valence-corrected chi connectivity index (χ3v) is 5.01. The molecule has 0 atom stereocenters. The second kappa shape index (κ2) is 11.3. The Bertz CT molecular complexity index is 1210. The number of benzene rings is 3. The molecule has 3 aromatic rings. The van der Waals surface area contributed by atoms with Crippen LogP contribution in [0.15, 0.2) is 76.3 Å². The first kappa shape index (κ1) is 24.0. The van der Waals surface area contributed by atoms with E-state index < -0.39 is 17.8 Å². The summed E-state index contributed by atoms with van der Waals surface area (Å²) in [6.07, 6.45) is 1.25. The van der Waals surface area contributed by atoms with Crippen molar-refractivity contribution in [1.29, 1.82) is 0 Å². The number of nitrogens with zero attached hydrogens (tertiary/aromatic N) is 1. The van der Waals surface area contributed by atoms with E-state index in [0.717, 1.165) is 0 Å². The van der Waals surface area contributed by atoms with Crippen molar-refractivity contribution in [3.63, 3.8) is 0 Å². The highest BCUT2D eigenvalue weighted by Gasteiger charge is 2.15. The lowest BCUT2D eigenvalue weighted by Gasteiger charge is -2.09. The number of carbonyl (C=O) groups is 3. The van der Waals surface area contributed by atoms with Gasteiger partial charge in [-0.15, -0.1) is 0 Å². The third-order valence-electron chi connectivity index (χ3n) is 4.19. The fourth-order valence-corrected chi connectivity index (χ4v) is 3.16. The number of carbonyl (C=O) groups excluding carboxylic acids is 3. The van der Waals surface area contributed by atoms with Crippen LogP contribution in [-0.4, -0.2) is 31.1 Å². The van der Waals surface area contributed by atoms with E-state index in [1.165, 1.54) is 13.3 Å². The highest BCUT2D eigenvalue weighted by atomic mass is 79.9. The van der Waals surface area contributed by atoms with Gasteiger partial charge in [0, 0.05) is 15.7 Å². The van der Waals surface area contributed by atoms with Gasteiger partial charge in [0.1, 0.15) is 11.5 Å². The Morgan fingerprint density at radius 2 is 1.73 bits per heavy atom. The lowest BCUT2D eigenvalue weighted by Crippen LogP contribution is -2.32. The van der Waals surface area contributed by atoms with Gasteiger partial charge in [-0.25, -0.2) is 10.2 Å². The van der Waals surface area contributed by atoms with Crippen molar-refractivity contribution in [2.45, 2.75) is 0 Å². The predicted molar refractivity (Wildman–Crippen MR) is 128 cm³/mol. The molecule has 2 amide bonds. The zero-order chi connectivity index (χ0) is 23.8. The van der Waals surface area contributed by atoms with Crippen LogP contribution >= 0.6 is 27.5 Å². The number of hydrogen-bond acceptors (Lipinski definition) is 6. The summed E-state index contributed by atoms with van der Waals surface area (Å²) in [5.41, 5.74) is 3.13. The van der Waals surface area contributed by atoms with Crippen LogP contribution in [0.4, 0.5) is 5.69 Å². The number of halogens is 2. The van der Waals surface area contributed by atoms with E-state index in [9.17, 15) is 14.4 Å². The van der Waals surface area contributed by atoms with Gasteiger partial charge in [0.2, 0.25) is 0 Å². The maximum atomic E-state index is 12.5. The van der Waals surface area contributed by atoms with Gasteiger partial charge in [-0.1, -0.05) is 39.7 Å². The maximum absolute atomic E-state index is 12.5. The van der Waals surface area contributed by atoms with E-state index >= 15 is 0 Å². The van der Waals surface area contributed by atoms with Crippen LogP contribution < -0.4 is 20.2 Å². The summed E-state index contributed by atoms with van der Waals surface area (Å²) in [5.74, 6) is -1.74. The highest BCUT2D eigenvalue weighted by Crippen LogP contribution is 2.24. The zero-order valence-corrected chi connectivity index (χ0v) is 19.5. The Morgan fingerprint density at radius 1 is 1.00 bits per heavy atom. The molecule has 0 saturated carbocycles. The van der Waals surface area contributed by atoms with Crippen molar-refractivity contribution in [2.75, 3.05) is 12.4 Å². The van der Waals surface area contributed by atoms with Gasteiger partial charge >= 0.3 is 17.8 Å². The molecule has 0 aliphatic rings. The maximum Gasteiger partial charge on any atom is 0.345 e. The van der Waals surface area contributed by atoms with Crippen LogP contribution in [0.3, 0.4) is 0 Å². The molecule has 0 radical (unpaired) electrons. The van der Waals surface area contributed by atoms with Gasteiger partial charge in [0.25, 0.3) is 0 Å². The predicted octanol–water partition coefficient (Wildman–Crippen LogP) is 4.42. The molecule has 0 unspecified atom stereocenters. The minimum absolute atomic E-state index is 0.184. The quantitative estimate of drug-likeness (QED) is 0.161. The summed E-state index contributed by atoms with van der Waals surface area (Å²) in [4.78, 5) is 36.6. The van der Waals surface area contributed by atoms with Gasteiger partial charge in [0.05, 0.1) is 23.9 Å². The summed E-state index contributed by atoms with van der Waals surface area (Å²) in [6, 6.07) is 17.8. The lowest BCUT2D eigenvalue weighted by atomic mass is 10.2. The number of nitrogens with one attached hydrogen (secondary N) is 2. The van der Waals surface area contributed by atoms with Crippen LogP contribution in [-0.2, 0) is 9.59 Å².